The Balaban J connectivity index is 1.46. The van der Waals surface area contributed by atoms with Crippen LogP contribution in [0.5, 0.6) is 0 Å². The lowest BCUT2D eigenvalue weighted by molar-refractivity contribution is -0.161. The number of aliphatic hydroxyl groups excluding tert-OH is 1. The first kappa shape index (κ1) is 28.8. The van der Waals surface area contributed by atoms with Gasteiger partial charge < -0.3 is 25.4 Å². The third-order valence-corrected chi connectivity index (χ3v) is 11.6. The number of aliphatic hydroxyl groups is 1. The Morgan fingerprint density at radius 2 is 1.82 bits per heavy atom. The molecule has 0 aromatic carbocycles. The molecule has 1 saturated heterocycles. The predicted molar refractivity (Wildman–Crippen MR) is 149 cm³/mol. The average molecular weight is 544 g/mol. The van der Waals surface area contributed by atoms with E-state index >= 15 is 0 Å². The summed E-state index contributed by atoms with van der Waals surface area (Å²) in [5.41, 5.74) is 5.13. The highest BCUT2D eigenvalue weighted by atomic mass is 16.6. The minimum Gasteiger partial charge on any atom is -0.481 e. The van der Waals surface area contributed by atoms with Gasteiger partial charge in [-0.05, 0) is 87.5 Å². The first-order valence-electron chi connectivity index (χ1n) is 15.1. The number of ether oxygens (including phenoxy) is 2. The zero-order valence-electron chi connectivity index (χ0n) is 24.8. The van der Waals surface area contributed by atoms with Gasteiger partial charge in [-0.25, -0.2) is 0 Å². The number of nitrogens with two attached hydrogens (primary N) is 1. The van der Waals surface area contributed by atoms with Crippen molar-refractivity contribution in [2.24, 2.45) is 46.2 Å². The molecule has 0 aromatic heterocycles. The van der Waals surface area contributed by atoms with E-state index < -0.39 is 34.6 Å². The Hall–Kier alpha value is -1.70. The summed E-state index contributed by atoms with van der Waals surface area (Å²) in [6, 6.07) is 0. The molecule has 4 aliphatic carbocycles. The van der Waals surface area contributed by atoms with Crippen molar-refractivity contribution in [3.8, 4) is 0 Å². The molecule has 4 fully saturated rings. The topological polar surface area (TPSA) is 122 Å². The SMILES string of the molecule is CC(C)C(C)/C=C/C(C)[C@H]1CCC2=C3C(CC[C@@]21C(=O)O)[C@@]1(C)CC[C@H](OC(=O)C(C)(C)N)CC12OC2[C@@H]3O. The molecule has 0 aromatic rings. The zero-order chi connectivity index (χ0) is 28.7. The average Bonchev–Trinajstić information content (AvgIpc) is 3.45. The first-order valence-corrected chi connectivity index (χ1v) is 15.1. The summed E-state index contributed by atoms with van der Waals surface area (Å²) < 4.78 is 12.2. The number of hydrogen-bond donors (Lipinski definition) is 3. The summed E-state index contributed by atoms with van der Waals surface area (Å²) in [5, 5.41) is 22.5. The van der Waals surface area contributed by atoms with Gasteiger partial charge in [0.15, 0.2) is 0 Å². The number of carboxylic acids is 1. The van der Waals surface area contributed by atoms with Crippen LogP contribution in [0.15, 0.2) is 23.3 Å². The highest BCUT2D eigenvalue weighted by Crippen LogP contribution is 2.72. The van der Waals surface area contributed by atoms with Gasteiger partial charge in [-0.15, -0.1) is 0 Å². The summed E-state index contributed by atoms with van der Waals surface area (Å²) >= 11 is 0. The lowest BCUT2D eigenvalue weighted by atomic mass is 9.47. The number of fused-ring (bicyclic) bond motifs is 3. The standard InChI is InChI=1S/C32H49NO6/c1-17(2)18(3)8-9-19(4)21-10-11-23-24-22(13-15-31(21,23)27(35)36)30(7)14-12-20(38-28(37)29(5,6)33)16-32(30)26(39-32)25(24)34/h8-9,17-22,25-26,34H,10-16,33H2,1-7H3,(H,35,36)/b9-8+/t18?,19?,20-,21+,22?,25+,26?,30+,31-,32?/m0/s1. The van der Waals surface area contributed by atoms with Crippen molar-refractivity contribution >= 4 is 11.9 Å². The Morgan fingerprint density at radius 3 is 2.44 bits per heavy atom. The van der Waals surface area contributed by atoms with Gasteiger partial charge in [0.1, 0.15) is 29.5 Å². The third-order valence-electron chi connectivity index (χ3n) is 11.6. The second-order valence-corrected chi connectivity index (χ2v) is 14.6. The van der Waals surface area contributed by atoms with Crippen LogP contribution in [0.1, 0.15) is 93.4 Å². The van der Waals surface area contributed by atoms with Gasteiger partial charge in [-0.2, -0.15) is 0 Å². The van der Waals surface area contributed by atoms with Gasteiger partial charge in [0, 0.05) is 11.8 Å². The highest BCUT2D eigenvalue weighted by molar-refractivity contribution is 5.81. The molecule has 1 aliphatic heterocycles. The molecule has 0 bridgehead atoms. The number of epoxide rings is 1. The van der Waals surface area contributed by atoms with E-state index in [1.807, 2.05) is 0 Å². The van der Waals surface area contributed by atoms with Crippen LogP contribution in [-0.4, -0.2) is 51.6 Å². The molecule has 0 radical (unpaired) electrons. The van der Waals surface area contributed by atoms with E-state index in [1.54, 1.807) is 13.8 Å². The summed E-state index contributed by atoms with van der Waals surface area (Å²) in [6.45, 7) is 14.3. The van der Waals surface area contributed by atoms with Crippen LogP contribution >= 0.6 is 0 Å². The molecule has 5 rings (SSSR count). The Labute approximate surface area is 233 Å². The van der Waals surface area contributed by atoms with E-state index in [4.69, 9.17) is 15.2 Å². The third kappa shape index (κ3) is 4.16. The molecule has 7 heteroatoms. The minimum atomic E-state index is -1.06. The molecule has 7 nitrogen and oxygen atoms in total. The molecule has 3 saturated carbocycles. The lowest BCUT2D eigenvalue weighted by Crippen LogP contribution is -2.59. The lowest BCUT2D eigenvalue weighted by Gasteiger charge is -2.55. The second kappa shape index (κ2) is 9.42. The monoisotopic (exact) mass is 543 g/mol. The van der Waals surface area contributed by atoms with Crippen molar-refractivity contribution in [2.75, 3.05) is 0 Å². The fraction of sp³-hybridized carbons (Fsp3) is 0.812. The van der Waals surface area contributed by atoms with Crippen molar-refractivity contribution in [3.05, 3.63) is 23.3 Å². The fourth-order valence-corrected chi connectivity index (χ4v) is 8.85. The van der Waals surface area contributed by atoms with E-state index in [1.165, 1.54) is 0 Å². The van der Waals surface area contributed by atoms with E-state index in [-0.39, 0.29) is 35.4 Å². The van der Waals surface area contributed by atoms with Crippen LogP contribution in [0, 0.1) is 40.4 Å². The molecule has 39 heavy (non-hydrogen) atoms. The Morgan fingerprint density at radius 1 is 1.13 bits per heavy atom. The van der Waals surface area contributed by atoms with Crippen molar-refractivity contribution in [1.82, 2.24) is 0 Å². The van der Waals surface area contributed by atoms with Crippen molar-refractivity contribution in [3.63, 3.8) is 0 Å². The van der Waals surface area contributed by atoms with Gasteiger partial charge >= 0.3 is 11.9 Å². The van der Waals surface area contributed by atoms with Crippen LogP contribution in [0.25, 0.3) is 0 Å². The number of carbonyl (C=O) groups excluding carboxylic acids is 1. The first-order chi connectivity index (χ1) is 18.1. The minimum absolute atomic E-state index is 0.00985. The van der Waals surface area contributed by atoms with Crippen molar-refractivity contribution in [1.29, 1.82) is 0 Å². The Bertz CT molecular complexity index is 1090. The van der Waals surface area contributed by atoms with Gasteiger partial charge in [0.25, 0.3) is 0 Å². The molecule has 1 spiro atoms. The molecule has 0 amide bonds. The Kier molecular flexibility index (Phi) is 6.96. The summed E-state index contributed by atoms with van der Waals surface area (Å²) in [5.74, 6) is 0.0356. The molecule has 218 valence electrons. The van der Waals surface area contributed by atoms with Crippen LogP contribution < -0.4 is 5.73 Å². The molecule has 5 unspecified atom stereocenters. The number of allylic oxidation sites excluding steroid dienone is 2. The van der Waals surface area contributed by atoms with Crippen molar-refractivity contribution in [2.45, 2.75) is 123 Å². The zero-order valence-corrected chi connectivity index (χ0v) is 24.8. The van der Waals surface area contributed by atoms with E-state index in [0.717, 1.165) is 36.8 Å². The number of carboxylic acid groups (broad SMARTS) is 1. The van der Waals surface area contributed by atoms with E-state index in [2.05, 4.69) is 46.8 Å². The maximum atomic E-state index is 13.2. The maximum Gasteiger partial charge on any atom is 0.325 e. The van der Waals surface area contributed by atoms with Crippen LogP contribution in [0.4, 0.5) is 0 Å². The largest absolute Gasteiger partial charge is 0.481 e. The summed E-state index contributed by atoms with van der Waals surface area (Å²) in [6.07, 6.45) is 7.93. The number of carbonyl (C=O) groups is 2. The van der Waals surface area contributed by atoms with E-state index in [9.17, 15) is 19.8 Å². The van der Waals surface area contributed by atoms with Crippen LogP contribution in [-0.2, 0) is 19.1 Å². The highest BCUT2D eigenvalue weighted by Gasteiger charge is 2.78. The molecule has 4 N–H and O–H groups in total. The molecule has 5 aliphatic rings. The van der Waals surface area contributed by atoms with Gasteiger partial charge in [-0.3, -0.25) is 9.59 Å². The molecular formula is C32H49NO6. The van der Waals surface area contributed by atoms with Crippen molar-refractivity contribution < 1.29 is 29.3 Å². The second-order valence-electron chi connectivity index (χ2n) is 14.6. The number of rotatable bonds is 7. The van der Waals surface area contributed by atoms with Gasteiger partial charge in [0.05, 0.1) is 5.41 Å². The number of hydrogen-bond acceptors (Lipinski definition) is 6. The number of aliphatic carboxylic acids is 1. The number of esters is 1. The molecule has 10 atom stereocenters. The molecule has 1 heterocycles. The fourth-order valence-electron chi connectivity index (χ4n) is 8.85. The normalized spacial score (nSPS) is 42.9. The van der Waals surface area contributed by atoms with Gasteiger partial charge in [-0.1, -0.05) is 52.3 Å². The van der Waals surface area contributed by atoms with Crippen LogP contribution in [0.3, 0.4) is 0 Å². The summed E-state index contributed by atoms with van der Waals surface area (Å²) in [4.78, 5) is 25.7. The van der Waals surface area contributed by atoms with E-state index in [0.29, 0.717) is 31.1 Å². The maximum absolute atomic E-state index is 13.2. The van der Waals surface area contributed by atoms with Gasteiger partial charge in [0.2, 0.25) is 0 Å². The van der Waals surface area contributed by atoms with Crippen LogP contribution in [0.2, 0.25) is 0 Å². The molecular weight excluding hydrogens is 494 g/mol. The predicted octanol–water partition coefficient (Wildman–Crippen LogP) is 5.01. The smallest absolute Gasteiger partial charge is 0.325 e. The summed E-state index contributed by atoms with van der Waals surface area (Å²) in [7, 11) is 0. The quantitative estimate of drug-likeness (QED) is 0.234.